The molecule has 6 heteroatoms. The number of benzene rings is 1. The Kier molecular flexibility index (Phi) is 4.24. The second-order valence-electron chi connectivity index (χ2n) is 6.54. The van der Waals surface area contributed by atoms with Crippen LogP contribution in [0.5, 0.6) is 0 Å². The van der Waals surface area contributed by atoms with Gasteiger partial charge in [0.25, 0.3) is 0 Å². The van der Waals surface area contributed by atoms with Crippen molar-refractivity contribution in [2.45, 2.75) is 32.1 Å². The van der Waals surface area contributed by atoms with Gasteiger partial charge in [0.2, 0.25) is 5.91 Å². The van der Waals surface area contributed by atoms with Gasteiger partial charge in [-0.05, 0) is 63.5 Å². The van der Waals surface area contributed by atoms with E-state index in [0.29, 0.717) is 5.56 Å². The summed E-state index contributed by atoms with van der Waals surface area (Å²) in [5.41, 5.74) is 8.15. The van der Waals surface area contributed by atoms with E-state index < -0.39 is 0 Å². The minimum atomic E-state index is -0.388. The molecule has 126 valence electrons. The number of piperidine rings is 1. The van der Waals surface area contributed by atoms with Crippen LogP contribution in [0.15, 0.2) is 24.4 Å². The Morgan fingerprint density at radius 1 is 1.25 bits per heavy atom. The van der Waals surface area contributed by atoms with E-state index in [1.54, 1.807) is 17.4 Å². The van der Waals surface area contributed by atoms with Crippen molar-refractivity contribution in [3.8, 4) is 0 Å². The van der Waals surface area contributed by atoms with Gasteiger partial charge in [0.05, 0.1) is 15.9 Å². The Morgan fingerprint density at radius 3 is 2.88 bits per heavy atom. The number of nitrogens with zero attached hydrogens (tertiary/aromatic N) is 3. The van der Waals surface area contributed by atoms with Crippen LogP contribution >= 0.6 is 11.3 Å². The highest BCUT2D eigenvalue weighted by Gasteiger charge is 2.12. The fourth-order valence-electron chi connectivity index (χ4n) is 3.49. The minimum absolute atomic E-state index is 0.388. The molecule has 5 nitrogen and oxygen atoms in total. The van der Waals surface area contributed by atoms with Crippen LogP contribution in [0, 0.1) is 0 Å². The van der Waals surface area contributed by atoms with Crippen LogP contribution in [0.1, 0.15) is 41.7 Å². The maximum absolute atomic E-state index is 11.3. The number of carbonyl (C=O) groups is 1. The van der Waals surface area contributed by atoms with Gasteiger partial charge in [-0.1, -0.05) is 17.8 Å². The molecule has 1 aliphatic heterocycles. The third-order valence-corrected chi connectivity index (χ3v) is 5.80. The van der Waals surface area contributed by atoms with Crippen molar-refractivity contribution in [3.63, 3.8) is 0 Å². The van der Waals surface area contributed by atoms with Crippen LogP contribution in [0.4, 0.5) is 0 Å². The highest BCUT2D eigenvalue weighted by atomic mass is 32.1. The van der Waals surface area contributed by atoms with Crippen molar-refractivity contribution in [1.29, 1.82) is 0 Å². The molecular formula is C18H22N4OS. The predicted molar refractivity (Wildman–Crippen MR) is 97.7 cm³/mol. The van der Waals surface area contributed by atoms with Gasteiger partial charge in [-0.3, -0.25) is 9.20 Å². The van der Waals surface area contributed by atoms with Crippen LogP contribution in [-0.4, -0.2) is 39.8 Å². The summed E-state index contributed by atoms with van der Waals surface area (Å²) in [6.07, 6.45) is 8.39. The highest BCUT2D eigenvalue weighted by molar-refractivity contribution is 7.23. The number of nitrogens with two attached hydrogens (primary N) is 1. The zero-order valence-corrected chi connectivity index (χ0v) is 14.5. The van der Waals surface area contributed by atoms with Crippen LogP contribution in [-0.2, 0) is 6.42 Å². The molecule has 2 aromatic heterocycles. The number of fused-ring (bicyclic) bond motifs is 3. The van der Waals surface area contributed by atoms with Gasteiger partial charge in [-0.2, -0.15) is 0 Å². The second kappa shape index (κ2) is 6.53. The number of aryl methyl sites for hydroxylation is 1. The van der Waals surface area contributed by atoms with E-state index in [1.165, 1.54) is 38.9 Å². The van der Waals surface area contributed by atoms with Gasteiger partial charge in [0.1, 0.15) is 0 Å². The lowest BCUT2D eigenvalue weighted by Gasteiger charge is -2.26. The Morgan fingerprint density at radius 2 is 2.08 bits per heavy atom. The second-order valence-corrected chi connectivity index (χ2v) is 7.55. The van der Waals surface area contributed by atoms with E-state index in [1.807, 2.05) is 12.1 Å². The summed E-state index contributed by atoms with van der Waals surface area (Å²) in [4.78, 5) is 19.6. The molecular weight excluding hydrogens is 320 g/mol. The Labute approximate surface area is 145 Å². The third-order valence-electron chi connectivity index (χ3n) is 4.78. The number of rotatable bonds is 5. The molecule has 1 saturated heterocycles. The van der Waals surface area contributed by atoms with Gasteiger partial charge in [0.15, 0.2) is 4.96 Å². The third kappa shape index (κ3) is 3.03. The molecule has 4 rings (SSSR count). The van der Waals surface area contributed by atoms with Crippen LogP contribution < -0.4 is 5.73 Å². The van der Waals surface area contributed by atoms with Crippen molar-refractivity contribution in [1.82, 2.24) is 14.3 Å². The molecule has 0 unspecified atom stereocenters. The molecule has 0 bridgehead atoms. The summed E-state index contributed by atoms with van der Waals surface area (Å²) < 4.78 is 3.18. The molecule has 1 fully saturated rings. The summed E-state index contributed by atoms with van der Waals surface area (Å²) in [5.74, 6) is -0.388. The summed E-state index contributed by atoms with van der Waals surface area (Å²) >= 11 is 1.61. The van der Waals surface area contributed by atoms with Crippen LogP contribution in [0.3, 0.4) is 0 Å². The molecule has 24 heavy (non-hydrogen) atoms. The highest BCUT2D eigenvalue weighted by Crippen LogP contribution is 2.27. The lowest BCUT2D eigenvalue weighted by molar-refractivity contribution is 0.100. The van der Waals surface area contributed by atoms with E-state index in [0.717, 1.165) is 33.7 Å². The molecule has 3 heterocycles. The Hall–Kier alpha value is -1.92. The summed E-state index contributed by atoms with van der Waals surface area (Å²) in [6.45, 7) is 3.68. The van der Waals surface area contributed by atoms with E-state index in [-0.39, 0.29) is 5.91 Å². The van der Waals surface area contributed by atoms with Crippen molar-refractivity contribution >= 4 is 32.4 Å². The number of thiazole rings is 1. The summed E-state index contributed by atoms with van der Waals surface area (Å²) in [7, 11) is 0. The van der Waals surface area contributed by atoms with Crippen LogP contribution in [0.2, 0.25) is 0 Å². The smallest absolute Gasteiger partial charge is 0.248 e. The first kappa shape index (κ1) is 15.6. The van der Waals surface area contributed by atoms with Gasteiger partial charge in [0, 0.05) is 11.8 Å². The first-order valence-corrected chi connectivity index (χ1v) is 9.45. The number of likely N-dealkylation sites (tertiary alicyclic amines) is 1. The number of imidazole rings is 1. The lowest BCUT2D eigenvalue weighted by Crippen LogP contribution is -2.30. The van der Waals surface area contributed by atoms with Gasteiger partial charge in [-0.25, -0.2) is 4.98 Å². The van der Waals surface area contributed by atoms with E-state index in [2.05, 4.69) is 15.5 Å². The average Bonchev–Trinajstić information content (AvgIpc) is 3.12. The molecule has 3 aromatic rings. The zero-order valence-electron chi connectivity index (χ0n) is 13.7. The first-order chi connectivity index (χ1) is 11.7. The molecule has 2 N–H and O–H groups in total. The number of amides is 1. The Balaban J connectivity index is 1.48. The van der Waals surface area contributed by atoms with Gasteiger partial charge < -0.3 is 10.6 Å². The lowest BCUT2D eigenvalue weighted by atomic mass is 10.1. The molecule has 1 aliphatic rings. The van der Waals surface area contributed by atoms with Crippen molar-refractivity contribution < 1.29 is 4.79 Å². The summed E-state index contributed by atoms with van der Waals surface area (Å²) in [6, 6.07) is 5.60. The number of primary amides is 1. The predicted octanol–water partition coefficient (Wildman–Crippen LogP) is 3.07. The number of hydrogen-bond donors (Lipinski definition) is 1. The molecule has 0 radical (unpaired) electrons. The fraction of sp³-hybridized carbons (Fsp3) is 0.444. The molecule has 1 amide bonds. The van der Waals surface area contributed by atoms with E-state index >= 15 is 0 Å². The normalized spacial score (nSPS) is 16.2. The number of aromatic nitrogens is 2. The average molecular weight is 342 g/mol. The number of carbonyl (C=O) groups excluding carboxylic acids is 1. The van der Waals surface area contributed by atoms with E-state index in [9.17, 15) is 4.79 Å². The molecule has 1 aromatic carbocycles. The molecule has 0 spiro atoms. The van der Waals surface area contributed by atoms with E-state index in [4.69, 9.17) is 10.7 Å². The maximum Gasteiger partial charge on any atom is 0.248 e. The monoisotopic (exact) mass is 342 g/mol. The van der Waals surface area contributed by atoms with Crippen molar-refractivity contribution in [2.75, 3.05) is 19.6 Å². The SMILES string of the molecule is NC(=O)c1ccc2c(c1)sc1nc(CCCN3CCCCC3)cn12. The standard InChI is InChI=1S/C18H22N4OS/c19-17(23)13-6-7-15-16(11-13)24-18-20-14(12-22(15)18)5-4-10-21-8-2-1-3-9-21/h6-7,11-12H,1-5,8-10H2,(H2,19,23). The largest absolute Gasteiger partial charge is 0.366 e. The molecule has 0 saturated carbocycles. The molecule has 0 aliphatic carbocycles. The molecule has 0 atom stereocenters. The van der Waals surface area contributed by atoms with Crippen LogP contribution in [0.25, 0.3) is 15.2 Å². The van der Waals surface area contributed by atoms with Gasteiger partial charge >= 0.3 is 0 Å². The first-order valence-electron chi connectivity index (χ1n) is 8.63. The van der Waals surface area contributed by atoms with Crippen molar-refractivity contribution in [3.05, 3.63) is 35.7 Å². The fourth-order valence-corrected chi connectivity index (χ4v) is 4.55. The topological polar surface area (TPSA) is 63.6 Å². The maximum atomic E-state index is 11.3. The van der Waals surface area contributed by atoms with Gasteiger partial charge in [-0.15, -0.1) is 0 Å². The number of hydrogen-bond acceptors (Lipinski definition) is 4. The summed E-state index contributed by atoms with van der Waals surface area (Å²) in [5, 5.41) is 0. The quantitative estimate of drug-likeness (QED) is 0.775. The Bertz CT molecular complexity index is 876. The zero-order chi connectivity index (χ0) is 16.5. The van der Waals surface area contributed by atoms with Crippen molar-refractivity contribution in [2.24, 2.45) is 5.73 Å². The minimum Gasteiger partial charge on any atom is -0.366 e.